The Kier molecular flexibility index (Phi) is 8.71. The first-order valence-corrected chi connectivity index (χ1v) is 13.5. The van der Waals surface area contributed by atoms with Gasteiger partial charge in [0.1, 0.15) is 25.0 Å². The number of benzene rings is 3. The van der Waals surface area contributed by atoms with E-state index < -0.39 is 12.0 Å². The summed E-state index contributed by atoms with van der Waals surface area (Å²) in [6.07, 6.45) is 3.93. The molecule has 1 saturated heterocycles. The number of hydrogen-bond donors (Lipinski definition) is 3. The van der Waals surface area contributed by atoms with E-state index in [9.17, 15) is 14.7 Å². The Hall–Kier alpha value is -3.94. The normalized spacial score (nSPS) is 21.1. The van der Waals surface area contributed by atoms with Gasteiger partial charge in [0, 0.05) is 18.0 Å². The van der Waals surface area contributed by atoms with Gasteiger partial charge < -0.3 is 25.2 Å². The SMILES string of the molecule is O=C(OCc1ccccc1)C1=CCC(C(c2ccccc2CO)C2CCC(C(=O)OCc3ccccc3)N2)N1. The van der Waals surface area contributed by atoms with E-state index in [2.05, 4.69) is 10.6 Å². The zero-order chi connectivity index (χ0) is 27.0. The third-order valence-corrected chi connectivity index (χ3v) is 7.49. The van der Waals surface area contributed by atoms with E-state index in [4.69, 9.17) is 9.47 Å². The number of ether oxygens (including phenoxy) is 2. The maximum absolute atomic E-state index is 12.9. The summed E-state index contributed by atoms with van der Waals surface area (Å²) in [7, 11) is 0. The molecule has 5 rings (SSSR count). The Morgan fingerprint density at radius 3 is 2.15 bits per heavy atom. The van der Waals surface area contributed by atoms with Crippen LogP contribution in [0.1, 0.15) is 47.4 Å². The Labute approximate surface area is 228 Å². The van der Waals surface area contributed by atoms with Crippen LogP contribution in [0.25, 0.3) is 0 Å². The van der Waals surface area contributed by atoms with Gasteiger partial charge in [0.2, 0.25) is 0 Å². The fourth-order valence-electron chi connectivity index (χ4n) is 5.53. The maximum atomic E-state index is 12.9. The molecule has 7 heteroatoms. The zero-order valence-electron chi connectivity index (χ0n) is 21.8. The summed E-state index contributed by atoms with van der Waals surface area (Å²) in [6.45, 7) is 0.354. The number of esters is 2. The number of rotatable bonds is 10. The Balaban J connectivity index is 1.26. The molecule has 39 heavy (non-hydrogen) atoms. The van der Waals surface area contributed by atoms with E-state index in [1.54, 1.807) is 0 Å². The molecule has 3 N–H and O–H groups in total. The van der Waals surface area contributed by atoms with Crippen molar-refractivity contribution in [1.29, 1.82) is 0 Å². The smallest absolute Gasteiger partial charge is 0.354 e. The highest BCUT2D eigenvalue weighted by atomic mass is 16.5. The van der Waals surface area contributed by atoms with Gasteiger partial charge in [0.15, 0.2) is 0 Å². The minimum Gasteiger partial charge on any atom is -0.460 e. The van der Waals surface area contributed by atoms with E-state index in [1.165, 1.54) is 0 Å². The van der Waals surface area contributed by atoms with E-state index in [1.807, 2.05) is 91.0 Å². The van der Waals surface area contributed by atoms with Gasteiger partial charge in [-0.05, 0) is 41.5 Å². The summed E-state index contributed by atoms with van der Waals surface area (Å²) in [6, 6.07) is 26.5. The van der Waals surface area contributed by atoms with E-state index in [-0.39, 0.29) is 43.8 Å². The van der Waals surface area contributed by atoms with Crippen LogP contribution in [-0.4, -0.2) is 35.2 Å². The highest BCUT2D eigenvalue weighted by Gasteiger charge is 2.41. The van der Waals surface area contributed by atoms with Gasteiger partial charge in [-0.3, -0.25) is 4.79 Å². The van der Waals surface area contributed by atoms with Crippen LogP contribution in [0.3, 0.4) is 0 Å². The minimum absolute atomic E-state index is 0.0439. The van der Waals surface area contributed by atoms with E-state index >= 15 is 0 Å². The molecule has 0 bridgehead atoms. The van der Waals surface area contributed by atoms with Gasteiger partial charge in [-0.15, -0.1) is 0 Å². The predicted molar refractivity (Wildman–Crippen MR) is 147 cm³/mol. The molecule has 4 atom stereocenters. The van der Waals surface area contributed by atoms with Crippen LogP contribution in [0, 0.1) is 0 Å². The number of carbonyl (C=O) groups is 2. The second-order valence-electron chi connectivity index (χ2n) is 10.0. The van der Waals surface area contributed by atoms with Crippen molar-refractivity contribution in [3.05, 3.63) is 119 Å². The fraction of sp³-hybridized carbons (Fsp3) is 0.312. The van der Waals surface area contributed by atoms with Crippen molar-refractivity contribution in [2.75, 3.05) is 0 Å². The fourth-order valence-corrected chi connectivity index (χ4v) is 5.53. The summed E-state index contributed by atoms with van der Waals surface area (Å²) in [5, 5.41) is 17.0. The average Bonchev–Trinajstić information content (AvgIpc) is 3.67. The van der Waals surface area contributed by atoms with Crippen molar-refractivity contribution in [2.45, 2.75) is 63.1 Å². The Bertz CT molecular complexity index is 1290. The lowest BCUT2D eigenvalue weighted by Gasteiger charge is -2.32. The van der Waals surface area contributed by atoms with Crippen LogP contribution >= 0.6 is 0 Å². The summed E-state index contributed by atoms with van der Waals surface area (Å²) >= 11 is 0. The van der Waals surface area contributed by atoms with Gasteiger partial charge >= 0.3 is 11.9 Å². The number of hydrogen-bond acceptors (Lipinski definition) is 7. The molecule has 2 aliphatic rings. The molecule has 0 aliphatic carbocycles. The molecule has 3 aromatic carbocycles. The molecule has 0 amide bonds. The van der Waals surface area contributed by atoms with Crippen molar-refractivity contribution in [2.24, 2.45) is 0 Å². The molecule has 4 unspecified atom stereocenters. The van der Waals surface area contributed by atoms with Crippen LogP contribution in [0.2, 0.25) is 0 Å². The number of nitrogens with one attached hydrogen (secondary N) is 2. The summed E-state index contributed by atoms with van der Waals surface area (Å²) in [5.74, 6) is -0.744. The molecule has 7 nitrogen and oxygen atoms in total. The molecular formula is C32H34N2O5. The summed E-state index contributed by atoms with van der Waals surface area (Å²) in [5.41, 5.74) is 4.15. The van der Waals surface area contributed by atoms with E-state index in [0.717, 1.165) is 28.7 Å². The second kappa shape index (κ2) is 12.7. The number of aliphatic hydroxyl groups is 1. The monoisotopic (exact) mass is 526 g/mol. The zero-order valence-corrected chi connectivity index (χ0v) is 21.8. The maximum Gasteiger partial charge on any atom is 0.354 e. The lowest BCUT2D eigenvalue weighted by atomic mass is 9.81. The molecular weight excluding hydrogens is 492 g/mol. The largest absolute Gasteiger partial charge is 0.460 e. The van der Waals surface area contributed by atoms with Crippen molar-refractivity contribution < 1.29 is 24.2 Å². The van der Waals surface area contributed by atoms with Crippen molar-refractivity contribution in [1.82, 2.24) is 10.6 Å². The molecule has 0 spiro atoms. The van der Waals surface area contributed by atoms with Crippen LogP contribution in [-0.2, 0) is 38.9 Å². The molecule has 0 radical (unpaired) electrons. The molecule has 3 aromatic rings. The van der Waals surface area contributed by atoms with Crippen molar-refractivity contribution in [3.63, 3.8) is 0 Å². The molecule has 1 fully saturated rings. The van der Waals surface area contributed by atoms with Gasteiger partial charge in [-0.1, -0.05) is 91.0 Å². The Morgan fingerprint density at radius 2 is 1.46 bits per heavy atom. The van der Waals surface area contributed by atoms with Crippen molar-refractivity contribution in [3.8, 4) is 0 Å². The lowest BCUT2D eigenvalue weighted by Crippen LogP contribution is -2.45. The van der Waals surface area contributed by atoms with Gasteiger partial charge in [0.25, 0.3) is 0 Å². The number of carbonyl (C=O) groups excluding carboxylic acids is 2. The lowest BCUT2D eigenvalue weighted by molar-refractivity contribution is -0.147. The average molecular weight is 527 g/mol. The molecule has 2 aliphatic heterocycles. The van der Waals surface area contributed by atoms with Gasteiger partial charge in [0.05, 0.1) is 6.61 Å². The van der Waals surface area contributed by atoms with Crippen LogP contribution < -0.4 is 10.6 Å². The van der Waals surface area contributed by atoms with Crippen LogP contribution in [0.4, 0.5) is 0 Å². The highest BCUT2D eigenvalue weighted by Crippen LogP contribution is 2.36. The first kappa shape index (κ1) is 26.7. The first-order valence-electron chi connectivity index (χ1n) is 13.5. The highest BCUT2D eigenvalue weighted by molar-refractivity contribution is 5.88. The van der Waals surface area contributed by atoms with Gasteiger partial charge in [-0.2, -0.15) is 0 Å². The Morgan fingerprint density at radius 1 is 0.821 bits per heavy atom. The van der Waals surface area contributed by atoms with Crippen LogP contribution in [0.5, 0.6) is 0 Å². The number of aliphatic hydroxyl groups excluding tert-OH is 1. The molecule has 0 saturated carbocycles. The van der Waals surface area contributed by atoms with Gasteiger partial charge in [-0.25, -0.2) is 4.79 Å². The topological polar surface area (TPSA) is 96.9 Å². The third kappa shape index (κ3) is 6.56. The third-order valence-electron chi connectivity index (χ3n) is 7.49. The van der Waals surface area contributed by atoms with E-state index in [0.29, 0.717) is 18.5 Å². The molecule has 202 valence electrons. The van der Waals surface area contributed by atoms with Crippen molar-refractivity contribution >= 4 is 11.9 Å². The predicted octanol–water partition coefficient (Wildman–Crippen LogP) is 4.12. The quantitative estimate of drug-likeness (QED) is 0.342. The standard InChI is InChI=1S/C32H34N2O5/c35-19-24-13-7-8-14-25(24)30(26-15-17-28(33-26)31(36)38-20-22-9-3-1-4-10-22)27-16-18-29(34-27)32(37)39-21-23-11-5-2-6-12-23/h1-14,17,26-27,29-30,33-35H,15-16,18-21H2. The summed E-state index contributed by atoms with van der Waals surface area (Å²) in [4.78, 5) is 25.7. The molecule has 2 heterocycles. The first-order chi connectivity index (χ1) is 19.1. The summed E-state index contributed by atoms with van der Waals surface area (Å²) < 4.78 is 11.1. The second-order valence-corrected chi connectivity index (χ2v) is 10.0. The molecule has 0 aromatic heterocycles. The minimum atomic E-state index is -0.410. The van der Waals surface area contributed by atoms with Crippen LogP contribution in [0.15, 0.2) is 96.7 Å².